The molecule has 0 aliphatic rings. The van der Waals surface area contributed by atoms with Gasteiger partial charge in [-0.1, -0.05) is 32.0 Å². The molecule has 6 heteroatoms. The van der Waals surface area contributed by atoms with Crippen LogP contribution >= 0.6 is 0 Å². The lowest BCUT2D eigenvalue weighted by molar-refractivity contribution is 0.0385. The summed E-state index contributed by atoms with van der Waals surface area (Å²) in [5, 5.41) is 5.14. The van der Waals surface area contributed by atoms with E-state index in [-0.39, 0.29) is 24.8 Å². The minimum absolute atomic E-state index is 0.121. The number of primary sulfonamides is 1. The molecule has 0 atom stereocenters. The highest BCUT2D eigenvalue weighted by molar-refractivity contribution is 7.89. The van der Waals surface area contributed by atoms with E-state index >= 15 is 0 Å². The lowest BCUT2D eigenvalue weighted by atomic mass is 9.85. The van der Waals surface area contributed by atoms with Crippen LogP contribution in [0.5, 0.6) is 0 Å². The molecule has 20 heavy (non-hydrogen) atoms. The highest BCUT2D eigenvalue weighted by Gasteiger charge is 2.31. The molecular weight excluding hydrogens is 281 g/mol. The van der Waals surface area contributed by atoms with E-state index in [1.165, 1.54) is 6.07 Å². The van der Waals surface area contributed by atoms with Crippen molar-refractivity contribution in [1.29, 1.82) is 0 Å². The summed E-state index contributed by atoms with van der Waals surface area (Å²) in [5.41, 5.74) is -0.0528. The number of hydrogen-bond acceptors (Lipinski definition) is 3. The predicted octanol–water partition coefficient (Wildman–Crippen LogP) is 2.44. The van der Waals surface area contributed by atoms with Crippen molar-refractivity contribution in [2.24, 2.45) is 10.6 Å². The predicted molar refractivity (Wildman–Crippen MR) is 77.0 cm³/mol. The van der Waals surface area contributed by atoms with E-state index in [2.05, 4.69) is 0 Å². The second kappa shape index (κ2) is 7.15. The summed E-state index contributed by atoms with van der Waals surface area (Å²) in [5.74, 6) is -0.442. The maximum absolute atomic E-state index is 13.4. The Hall–Kier alpha value is -0.980. The lowest BCUT2D eigenvalue weighted by Crippen LogP contribution is -2.36. The fourth-order valence-electron chi connectivity index (χ4n) is 2.12. The van der Waals surface area contributed by atoms with Crippen molar-refractivity contribution in [2.75, 3.05) is 12.4 Å². The van der Waals surface area contributed by atoms with E-state index < -0.39 is 15.4 Å². The fourth-order valence-corrected chi connectivity index (χ4v) is 3.46. The van der Waals surface area contributed by atoms with Gasteiger partial charge in [-0.3, -0.25) is 0 Å². The Morgan fingerprint density at radius 3 is 2.35 bits per heavy atom. The van der Waals surface area contributed by atoms with Crippen LogP contribution in [0.4, 0.5) is 4.39 Å². The van der Waals surface area contributed by atoms with Crippen molar-refractivity contribution in [3.05, 3.63) is 35.6 Å². The van der Waals surface area contributed by atoms with Gasteiger partial charge in [0.2, 0.25) is 10.0 Å². The molecule has 0 saturated carbocycles. The van der Waals surface area contributed by atoms with Crippen LogP contribution in [0.3, 0.4) is 0 Å². The van der Waals surface area contributed by atoms with Gasteiger partial charge in [0, 0.05) is 11.0 Å². The van der Waals surface area contributed by atoms with Crippen LogP contribution in [0.25, 0.3) is 0 Å². The molecule has 0 saturated heterocycles. The first kappa shape index (κ1) is 17.1. The zero-order valence-corrected chi connectivity index (χ0v) is 12.7. The maximum Gasteiger partial charge on any atom is 0.209 e. The Kier molecular flexibility index (Phi) is 6.10. The standard InChI is InChI=1S/C14H22FNO3S/c1-3-14(4-2,11-20(16,17)18)10-19-9-12-7-5-6-8-13(12)15/h5-8H,3-4,9-11H2,1-2H3,(H2,16,17,18). The lowest BCUT2D eigenvalue weighted by Gasteiger charge is -2.30. The molecule has 2 N–H and O–H groups in total. The van der Waals surface area contributed by atoms with Crippen molar-refractivity contribution in [1.82, 2.24) is 0 Å². The van der Waals surface area contributed by atoms with Gasteiger partial charge in [0.05, 0.1) is 19.0 Å². The first-order chi connectivity index (χ1) is 9.32. The van der Waals surface area contributed by atoms with Crippen LogP contribution in [0.15, 0.2) is 24.3 Å². The van der Waals surface area contributed by atoms with Gasteiger partial charge in [0.1, 0.15) is 5.82 Å². The molecular formula is C14H22FNO3S. The average molecular weight is 303 g/mol. The van der Waals surface area contributed by atoms with Gasteiger partial charge in [-0.05, 0) is 18.9 Å². The van der Waals surface area contributed by atoms with Crippen molar-refractivity contribution in [3.63, 3.8) is 0 Å². The van der Waals surface area contributed by atoms with Gasteiger partial charge in [-0.25, -0.2) is 17.9 Å². The molecule has 1 aromatic carbocycles. The Morgan fingerprint density at radius 2 is 1.85 bits per heavy atom. The smallest absolute Gasteiger partial charge is 0.209 e. The van der Waals surface area contributed by atoms with Gasteiger partial charge in [0.25, 0.3) is 0 Å². The Balaban J connectivity index is 2.66. The molecule has 0 aliphatic heterocycles. The van der Waals surface area contributed by atoms with Gasteiger partial charge in [-0.15, -0.1) is 0 Å². The van der Waals surface area contributed by atoms with Gasteiger partial charge < -0.3 is 4.74 Å². The SMILES string of the molecule is CCC(CC)(COCc1ccccc1F)CS(N)(=O)=O. The monoisotopic (exact) mass is 303 g/mol. The number of sulfonamides is 1. The molecule has 114 valence electrons. The topological polar surface area (TPSA) is 69.4 Å². The molecule has 0 aliphatic carbocycles. The largest absolute Gasteiger partial charge is 0.376 e. The number of halogens is 1. The minimum Gasteiger partial charge on any atom is -0.376 e. The average Bonchev–Trinajstić information content (AvgIpc) is 2.38. The molecule has 1 aromatic rings. The van der Waals surface area contributed by atoms with E-state index in [0.717, 1.165) is 0 Å². The second-order valence-corrected chi connectivity index (χ2v) is 6.71. The number of benzene rings is 1. The van der Waals surface area contributed by atoms with E-state index in [9.17, 15) is 12.8 Å². The highest BCUT2D eigenvalue weighted by atomic mass is 32.2. The number of nitrogens with two attached hydrogens (primary N) is 1. The second-order valence-electron chi connectivity index (χ2n) is 5.10. The molecule has 0 radical (unpaired) electrons. The molecule has 0 spiro atoms. The third-order valence-electron chi connectivity index (χ3n) is 3.63. The number of ether oxygens (including phenoxy) is 1. The third-order valence-corrected chi connectivity index (χ3v) is 4.65. The summed E-state index contributed by atoms with van der Waals surface area (Å²) in [6.07, 6.45) is 1.27. The van der Waals surface area contributed by atoms with Crippen molar-refractivity contribution in [3.8, 4) is 0 Å². The first-order valence-electron chi connectivity index (χ1n) is 6.63. The van der Waals surface area contributed by atoms with Crippen LogP contribution in [0.1, 0.15) is 32.3 Å². The summed E-state index contributed by atoms with van der Waals surface area (Å²) in [6.45, 7) is 4.17. The maximum atomic E-state index is 13.4. The summed E-state index contributed by atoms with van der Waals surface area (Å²) >= 11 is 0. The fraction of sp³-hybridized carbons (Fsp3) is 0.571. The molecule has 0 fully saturated rings. The van der Waals surface area contributed by atoms with Crippen LogP contribution in [-0.4, -0.2) is 20.8 Å². The Labute approximate surface area is 120 Å². The number of rotatable bonds is 8. The molecule has 0 unspecified atom stereocenters. The van der Waals surface area contributed by atoms with Gasteiger partial charge >= 0.3 is 0 Å². The third kappa shape index (κ3) is 5.19. The molecule has 0 bridgehead atoms. The van der Waals surface area contributed by atoms with Gasteiger partial charge in [0.15, 0.2) is 0 Å². The van der Waals surface area contributed by atoms with Crippen molar-refractivity contribution >= 4 is 10.0 Å². The van der Waals surface area contributed by atoms with Crippen molar-refractivity contribution in [2.45, 2.75) is 33.3 Å². The minimum atomic E-state index is -3.56. The zero-order chi connectivity index (χ0) is 15.2. The van der Waals surface area contributed by atoms with E-state index in [0.29, 0.717) is 18.4 Å². The normalized spacial score (nSPS) is 12.6. The van der Waals surface area contributed by atoms with Crippen LogP contribution in [0, 0.1) is 11.2 Å². The highest BCUT2D eigenvalue weighted by Crippen LogP contribution is 2.28. The van der Waals surface area contributed by atoms with Crippen LogP contribution in [-0.2, 0) is 21.4 Å². The number of hydrogen-bond donors (Lipinski definition) is 1. The van der Waals surface area contributed by atoms with E-state index in [1.54, 1.807) is 18.2 Å². The summed E-state index contributed by atoms with van der Waals surface area (Å²) in [7, 11) is -3.56. The van der Waals surface area contributed by atoms with Crippen LogP contribution < -0.4 is 5.14 Å². The quantitative estimate of drug-likeness (QED) is 0.802. The molecule has 0 amide bonds. The molecule has 1 rings (SSSR count). The summed E-state index contributed by atoms with van der Waals surface area (Å²) in [4.78, 5) is 0. The van der Waals surface area contributed by atoms with Gasteiger partial charge in [-0.2, -0.15) is 0 Å². The zero-order valence-electron chi connectivity index (χ0n) is 11.9. The molecule has 0 heterocycles. The van der Waals surface area contributed by atoms with Crippen molar-refractivity contribution < 1.29 is 17.5 Å². The Bertz CT molecular complexity index is 527. The molecule has 0 aromatic heterocycles. The first-order valence-corrected chi connectivity index (χ1v) is 8.35. The summed E-state index contributed by atoms with van der Waals surface area (Å²) in [6, 6.07) is 6.37. The van der Waals surface area contributed by atoms with Crippen LogP contribution in [0.2, 0.25) is 0 Å². The Morgan fingerprint density at radius 1 is 1.25 bits per heavy atom. The summed E-state index contributed by atoms with van der Waals surface area (Å²) < 4.78 is 41.6. The van der Waals surface area contributed by atoms with E-state index in [4.69, 9.17) is 9.88 Å². The van der Waals surface area contributed by atoms with E-state index in [1.807, 2.05) is 13.8 Å². The molecule has 4 nitrogen and oxygen atoms in total.